The summed E-state index contributed by atoms with van der Waals surface area (Å²) < 4.78 is 25.9. The van der Waals surface area contributed by atoms with E-state index in [1.807, 2.05) is 24.3 Å². The molecule has 128 valence electrons. The Bertz CT molecular complexity index is 630. The fourth-order valence-electron chi connectivity index (χ4n) is 2.73. The fraction of sp³-hybridized carbons (Fsp3) is 0.588. The standard InChI is InChI=1S/C17H26N2O3S/c1-4-23(21,22)18-16-9-11-19(12-10-16)17(20)15-7-5-14(6-8-15)13(2)3/h5-8,13,16,18H,4,9-12H2,1-3H3. The Morgan fingerprint density at radius 2 is 1.78 bits per heavy atom. The highest BCUT2D eigenvalue weighted by molar-refractivity contribution is 7.89. The minimum absolute atomic E-state index is 0.0251. The SMILES string of the molecule is CCS(=O)(=O)NC1CCN(C(=O)c2ccc(C(C)C)cc2)CC1. The first-order valence-electron chi connectivity index (χ1n) is 8.21. The second kappa shape index (κ2) is 7.45. The molecule has 1 fully saturated rings. The van der Waals surface area contributed by atoms with Gasteiger partial charge in [0.2, 0.25) is 10.0 Å². The number of nitrogens with one attached hydrogen (secondary N) is 1. The van der Waals surface area contributed by atoms with Gasteiger partial charge in [-0.05, 0) is 43.4 Å². The third-order valence-corrected chi connectivity index (χ3v) is 5.79. The van der Waals surface area contributed by atoms with E-state index in [0.717, 1.165) is 0 Å². The van der Waals surface area contributed by atoms with E-state index < -0.39 is 10.0 Å². The predicted molar refractivity (Wildman–Crippen MR) is 92.1 cm³/mol. The molecule has 1 aliphatic heterocycles. The van der Waals surface area contributed by atoms with Gasteiger partial charge in [-0.3, -0.25) is 4.79 Å². The lowest BCUT2D eigenvalue weighted by atomic mass is 10.0. The van der Waals surface area contributed by atoms with E-state index in [1.165, 1.54) is 5.56 Å². The molecule has 1 aliphatic rings. The summed E-state index contributed by atoms with van der Waals surface area (Å²) in [6.07, 6.45) is 1.32. The average molecular weight is 338 g/mol. The summed E-state index contributed by atoms with van der Waals surface area (Å²) in [5, 5.41) is 0. The van der Waals surface area contributed by atoms with Gasteiger partial charge in [0.05, 0.1) is 5.75 Å². The van der Waals surface area contributed by atoms with Crippen molar-refractivity contribution in [3.8, 4) is 0 Å². The molecule has 1 N–H and O–H groups in total. The van der Waals surface area contributed by atoms with Gasteiger partial charge in [0, 0.05) is 24.7 Å². The summed E-state index contributed by atoms with van der Waals surface area (Å²) >= 11 is 0. The van der Waals surface area contributed by atoms with Crippen LogP contribution in [0.1, 0.15) is 55.5 Å². The molecule has 0 unspecified atom stereocenters. The summed E-state index contributed by atoms with van der Waals surface area (Å²) in [6, 6.07) is 7.69. The third kappa shape index (κ3) is 4.78. The molecule has 0 spiro atoms. The van der Waals surface area contributed by atoms with E-state index in [4.69, 9.17) is 0 Å². The molecule has 1 amide bonds. The van der Waals surface area contributed by atoms with Crippen molar-refractivity contribution in [3.05, 3.63) is 35.4 Å². The highest BCUT2D eigenvalue weighted by Gasteiger charge is 2.25. The third-order valence-electron chi connectivity index (χ3n) is 4.33. The average Bonchev–Trinajstić information content (AvgIpc) is 2.54. The number of sulfonamides is 1. The van der Waals surface area contributed by atoms with Crippen LogP contribution >= 0.6 is 0 Å². The van der Waals surface area contributed by atoms with Crippen LogP contribution in [0.5, 0.6) is 0 Å². The number of piperidine rings is 1. The fourth-order valence-corrected chi connectivity index (χ4v) is 3.64. The van der Waals surface area contributed by atoms with Crippen molar-refractivity contribution in [1.82, 2.24) is 9.62 Å². The van der Waals surface area contributed by atoms with Crippen molar-refractivity contribution in [2.45, 2.75) is 45.6 Å². The van der Waals surface area contributed by atoms with Crippen molar-refractivity contribution >= 4 is 15.9 Å². The van der Waals surface area contributed by atoms with Crippen LogP contribution in [0.15, 0.2) is 24.3 Å². The first kappa shape index (κ1) is 17.9. The summed E-state index contributed by atoms with van der Waals surface area (Å²) in [5.74, 6) is 0.563. The van der Waals surface area contributed by atoms with E-state index in [1.54, 1.807) is 11.8 Å². The van der Waals surface area contributed by atoms with Crippen molar-refractivity contribution in [2.24, 2.45) is 0 Å². The van der Waals surface area contributed by atoms with E-state index in [9.17, 15) is 13.2 Å². The first-order chi connectivity index (χ1) is 10.8. The zero-order valence-corrected chi connectivity index (χ0v) is 14.9. The lowest BCUT2D eigenvalue weighted by Gasteiger charge is -2.32. The van der Waals surface area contributed by atoms with Crippen LogP contribution in [0.4, 0.5) is 0 Å². The number of benzene rings is 1. The maximum absolute atomic E-state index is 12.5. The topological polar surface area (TPSA) is 66.5 Å². The Kier molecular flexibility index (Phi) is 5.81. The summed E-state index contributed by atoms with van der Waals surface area (Å²) in [6.45, 7) is 7.04. The zero-order chi connectivity index (χ0) is 17.0. The quantitative estimate of drug-likeness (QED) is 0.896. The number of nitrogens with zero attached hydrogens (tertiary/aromatic N) is 1. The normalized spacial score (nSPS) is 16.8. The Hall–Kier alpha value is -1.40. The van der Waals surface area contributed by atoms with E-state index in [2.05, 4.69) is 18.6 Å². The minimum atomic E-state index is -3.18. The maximum Gasteiger partial charge on any atom is 0.253 e. The van der Waals surface area contributed by atoms with Gasteiger partial charge in [0.25, 0.3) is 5.91 Å². The summed E-state index contributed by atoms with van der Waals surface area (Å²) in [4.78, 5) is 14.3. The highest BCUT2D eigenvalue weighted by Crippen LogP contribution is 2.18. The number of hydrogen-bond donors (Lipinski definition) is 1. The molecule has 1 aromatic carbocycles. The van der Waals surface area contributed by atoms with Crippen LogP contribution in [-0.2, 0) is 10.0 Å². The number of carbonyl (C=O) groups excluding carboxylic acids is 1. The largest absolute Gasteiger partial charge is 0.339 e. The number of amides is 1. The molecular formula is C17H26N2O3S. The van der Waals surface area contributed by atoms with E-state index >= 15 is 0 Å². The van der Waals surface area contributed by atoms with E-state index in [-0.39, 0.29) is 17.7 Å². The molecule has 0 aromatic heterocycles. The van der Waals surface area contributed by atoms with E-state index in [0.29, 0.717) is 37.4 Å². The molecule has 6 heteroatoms. The monoisotopic (exact) mass is 338 g/mol. The Morgan fingerprint density at radius 3 is 2.26 bits per heavy atom. The van der Waals surface area contributed by atoms with Crippen molar-refractivity contribution < 1.29 is 13.2 Å². The van der Waals surface area contributed by atoms with Crippen LogP contribution in [0.2, 0.25) is 0 Å². The van der Waals surface area contributed by atoms with Gasteiger partial charge < -0.3 is 4.90 Å². The number of rotatable bonds is 5. The maximum atomic E-state index is 12.5. The summed E-state index contributed by atoms with van der Waals surface area (Å²) in [7, 11) is -3.18. The molecule has 0 radical (unpaired) electrons. The summed E-state index contributed by atoms with van der Waals surface area (Å²) in [5.41, 5.74) is 1.91. The van der Waals surface area contributed by atoms with Crippen molar-refractivity contribution in [1.29, 1.82) is 0 Å². The second-order valence-electron chi connectivity index (χ2n) is 6.36. The lowest BCUT2D eigenvalue weighted by molar-refractivity contribution is 0.0711. The van der Waals surface area contributed by atoms with Crippen LogP contribution in [-0.4, -0.2) is 44.1 Å². The molecule has 1 saturated heterocycles. The second-order valence-corrected chi connectivity index (χ2v) is 8.41. The molecular weight excluding hydrogens is 312 g/mol. The van der Waals surface area contributed by atoms with Crippen molar-refractivity contribution in [3.63, 3.8) is 0 Å². The van der Waals surface area contributed by atoms with Crippen molar-refractivity contribution in [2.75, 3.05) is 18.8 Å². The highest BCUT2D eigenvalue weighted by atomic mass is 32.2. The number of hydrogen-bond acceptors (Lipinski definition) is 3. The van der Waals surface area contributed by atoms with Gasteiger partial charge in [-0.15, -0.1) is 0 Å². The Morgan fingerprint density at radius 1 is 1.22 bits per heavy atom. The van der Waals surface area contributed by atoms with Gasteiger partial charge in [-0.2, -0.15) is 0 Å². The smallest absolute Gasteiger partial charge is 0.253 e. The van der Waals surface area contributed by atoms with Gasteiger partial charge >= 0.3 is 0 Å². The molecule has 23 heavy (non-hydrogen) atoms. The predicted octanol–water partition coefficient (Wildman–Crippen LogP) is 2.35. The van der Waals surface area contributed by atoms with Gasteiger partial charge in [-0.1, -0.05) is 26.0 Å². The molecule has 1 heterocycles. The van der Waals surface area contributed by atoms with Crippen LogP contribution in [0.3, 0.4) is 0 Å². The van der Waals surface area contributed by atoms with Crippen LogP contribution in [0, 0.1) is 0 Å². The minimum Gasteiger partial charge on any atom is -0.339 e. The zero-order valence-electron chi connectivity index (χ0n) is 14.1. The van der Waals surface area contributed by atoms with Crippen LogP contribution < -0.4 is 4.72 Å². The number of likely N-dealkylation sites (tertiary alicyclic amines) is 1. The first-order valence-corrected chi connectivity index (χ1v) is 9.87. The number of carbonyl (C=O) groups is 1. The molecule has 1 aromatic rings. The van der Waals surface area contributed by atoms with Gasteiger partial charge in [-0.25, -0.2) is 13.1 Å². The molecule has 0 saturated carbocycles. The Labute approximate surface area is 139 Å². The molecule has 0 bridgehead atoms. The van der Waals surface area contributed by atoms with Gasteiger partial charge in [0.15, 0.2) is 0 Å². The molecule has 0 aliphatic carbocycles. The van der Waals surface area contributed by atoms with Gasteiger partial charge in [0.1, 0.15) is 0 Å². The lowest BCUT2D eigenvalue weighted by Crippen LogP contribution is -2.46. The molecule has 2 rings (SSSR count). The Balaban J connectivity index is 1.93. The molecule has 5 nitrogen and oxygen atoms in total. The molecule has 0 atom stereocenters. The van der Waals surface area contributed by atoms with Crippen LogP contribution in [0.25, 0.3) is 0 Å².